The second kappa shape index (κ2) is 4.72. The molecule has 2 rings (SSSR count). The van der Waals surface area contributed by atoms with Crippen LogP contribution in [0.2, 0.25) is 0 Å². The fraction of sp³-hybridized carbons (Fsp3) is 0.917. The highest BCUT2D eigenvalue weighted by atomic mass is 16.5. The number of hydrogen-bond donors (Lipinski definition) is 1. The summed E-state index contributed by atoms with van der Waals surface area (Å²) in [5.74, 6) is -0.150. The van der Waals surface area contributed by atoms with Crippen molar-refractivity contribution in [3.05, 3.63) is 0 Å². The molecule has 2 aliphatic rings. The summed E-state index contributed by atoms with van der Waals surface area (Å²) >= 11 is 0. The predicted molar refractivity (Wildman–Crippen MR) is 60.4 cm³/mol. The first-order valence-electron chi connectivity index (χ1n) is 6.19. The molecule has 0 spiro atoms. The monoisotopic (exact) mass is 227 g/mol. The molecule has 0 amide bonds. The molecule has 0 aliphatic carbocycles. The summed E-state index contributed by atoms with van der Waals surface area (Å²) in [5, 5.41) is 9.37. The molecule has 0 aromatic rings. The lowest BCUT2D eigenvalue weighted by molar-refractivity contribution is -0.153. The molecule has 0 bridgehead atoms. The van der Waals surface area contributed by atoms with Crippen molar-refractivity contribution in [2.24, 2.45) is 5.92 Å². The third-order valence-electron chi connectivity index (χ3n) is 4.00. The highest BCUT2D eigenvalue weighted by Gasteiger charge is 2.42. The highest BCUT2D eigenvalue weighted by molar-refractivity contribution is 5.78. The predicted octanol–water partition coefficient (Wildman–Crippen LogP) is 1.35. The Morgan fingerprint density at radius 1 is 1.56 bits per heavy atom. The van der Waals surface area contributed by atoms with Crippen LogP contribution in [-0.2, 0) is 9.53 Å². The van der Waals surface area contributed by atoms with Gasteiger partial charge < -0.3 is 9.84 Å². The number of hydrogen-bond acceptors (Lipinski definition) is 3. The standard InChI is InChI=1S/C12H21NO3/c1-12(11(14)15)5-2-3-6-13(12)8-10-4-7-16-9-10/h10H,2-9H2,1H3,(H,14,15). The Hall–Kier alpha value is -0.610. The van der Waals surface area contributed by atoms with Gasteiger partial charge in [0.25, 0.3) is 0 Å². The Labute approximate surface area is 96.6 Å². The Morgan fingerprint density at radius 3 is 3.00 bits per heavy atom. The van der Waals surface area contributed by atoms with Crippen molar-refractivity contribution in [1.29, 1.82) is 0 Å². The molecular formula is C12H21NO3. The van der Waals surface area contributed by atoms with Crippen molar-refractivity contribution in [1.82, 2.24) is 4.90 Å². The molecule has 2 aliphatic heterocycles. The number of ether oxygens (including phenoxy) is 1. The van der Waals surface area contributed by atoms with E-state index in [0.29, 0.717) is 5.92 Å². The second-order valence-electron chi connectivity index (χ2n) is 5.21. The lowest BCUT2D eigenvalue weighted by Crippen LogP contribution is -2.56. The number of likely N-dealkylation sites (tertiary alicyclic amines) is 1. The molecule has 0 radical (unpaired) electrons. The van der Waals surface area contributed by atoms with Crippen molar-refractivity contribution in [2.45, 2.75) is 38.1 Å². The van der Waals surface area contributed by atoms with Crippen molar-refractivity contribution < 1.29 is 14.6 Å². The fourth-order valence-electron chi connectivity index (χ4n) is 2.75. The average molecular weight is 227 g/mol. The SMILES string of the molecule is CC1(C(=O)O)CCCCN1CC1CCOC1. The van der Waals surface area contributed by atoms with E-state index in [1.807, 2.05) is 6.92 Å². The van der Waals surface area contributed by atoms with Gasteiger partial charge in [0.2, 0.25) is 0 Å². The lowest BCUT2D eigenvalue weighted by atomic mass is 9.87. The number of carboxylic acid groups (broad SMARTS) is 1. The first-order chi connectivity index (χ1) is 7.63. The normalized spacial score (nSPS) is 36.4. The van der Waals surface area contributed by atoms with Crippen LogP contribution in [0, 0.1) is 5.92 Å². The molecule has 1 N–H and O–H groups in total. The first-order valence-corrected chi connectivity index (χ1v) is 6.19. The summed E-state index contributed by atoms with van der Waals surface area (Å²) < 4.78 is 5.35. The van der Waals surface area contributed by atoms with E-state index < -0.39 is 11.5 Å². The number of piperidine rings is 1. The first kappa shape index (κ1) is 11.9. The summed E-state index contributed by atoms with van der Waals surface area (Å²) in [4.78, 5) is 13.5. The molecule has 2 saturated heterocycles. The van der Waals surface area contributed by atoms with Crippen LogP contribution in [0.1, 0.15) is 32.6 Å². The van der Waals surface area contributed by atoms with Crippen molar-refractivity contribution in [3.8, 4) is 0 Å². The molecule has 92 valence electrons. The molecule has 4 heteroatoms. The molecule has 4 nitrogen and oxygen atoms in total. The van der Waals surface area contributed by atoms with Crippen LogP contribution in [0.15, 0.2) is 0 Å². The lowest BCUT2D eigenvalue weighted by Gasteiger charge is -2.42. The van der Waals surface area contributed by atoms with Gasteiger partial charge in [0, 0.05) is 13.2 Å². The largest absolute Gasteiger partial charge is 0.480 e. The van der Waals surface area contributed by atoms with Crippen LogP contribution in [-0.4, -0.2) is 47.8 Å². The zero-order valence-corrected chi connectivity index (χ0v) is 9.95. The van der Waals surface area contributed by atoms with Crippen molar-refractivity contribution in [3.63, 3.8) is 0 Å². The van der Waals surface area contributed by atoms with Crippen LogP contribution in [0.5, 0.6) is 0 Å². The van der Waals surface area contributed by atoms with Crippen molar-refractivity contribution in [2.75, 3.05) is 26.3 Å². The molecule has 2 heterocycles. The van der Waals surface area contributed by atoms with Crippen LogP contribution < -0.4 is 0 Å². The van der Waals surface area contributed by atoms with Gasteiger partial charge in [-0.05, 0) is 45.1 Å². The molecule has 2 fully saturated rings. The summed E-state index contributed by atoms with van der Waals surface area (Å²) in [6.07, 6.45) is 4.00. The summed E-state index contributed by atoms with van der Waals surface area (Å²) in [6.45, 7) is 5.29. The molecule has 0 aromatic carbocycles. The van der Waals surface area contributed by atoms with E-state index in [9.17, 15) is 9.90 Å². The molecular weight excluding hydrogens is 206 g/mol. The highest BCUT2D eigenvalue weighted by Crippen LogP contribution is 2.30. The Balaban J connectivity index is 2.01. The third-order valence-corrected chi connectivity index (χ3v) is 4.00. The van der Waals surface area contributed by atoms with Gasteiger partial charge in [-0.1, -0.05) is 0 Å². The Bertz CT molecular complexity index is 263. The zero-order valence-electron chi connectivity index (χ0n) is 9.95. The minimum atomic E-state index is -0.675. The van der Waals surface area contributed by atoms with Crippen LogP contribution in [0.4, 0.5) is 0 Å². The number of carbonyl (C=O) groups is 1. The molecule has 16 heavy (non-hydrogen) atoms. The van der Waals surface area contributed by atoms with Gasteiger partial charge in [0.15, 0.2) is 0 Å². The smallest absolute Gasteiger partial charge is 0.323 e. The van der Waals surface area contributed by atoms with Crippen LogP contribution in [0.25, 0.3) is 0 Å². The maximum atomic E-state index is 11.4. The fourth-order valence-corrected chi connectivity index (χ4v) is 2.75. The van der Waals surface area contributed by atoms with E-state index in [1.165, 1.54) is 0 Å². The van der Waals surface area contributed by atoms with Gasteiger partial charge in [-0.3, -0.25) is 9.69 Å². The summed E-state index contributed by atoms with van der Waals surface area (Å²) in [5.41, 5.74) is -0.652. The van der Waals surface area contributed by atoms with Gasteiger partial charge >= 0.3 is 5.97 Å². The van der Waals surface area contributed by atoms with Gasteiger partial charge in [-0.25, -0.2) is 0 Å². The number of aliphatic carboxylic acids is 1. The Kier molecular flexibility index (Phi) is 3.50. The molecule has 0 aromatic heterocycles. The average Bonchev–Trinajstić information content (AvgIpc) is 2.74. The summed E-state index contributed by atoms with van der Waals surface area (Å²) in [6, 6.07) is 0. The van der Waals surface area contributed by atoms with E-state index in [-0.39, 0.29) is 0 Å². The quantitative estimate of drug-likeness (QED) is 0.790. The second-order valence-corrected chi connectivity index (χ2v) is 5.21. The Morgan fingerprint density at radius 2 is 2.38 bits per heavy atom. The van der Waals surface area contributed by atoms with Gasteiger partial charge in [0.1, 0.15) is 5.54 Å². The summed E-state index contributed by atoms with van der Waals surface area (Å²) in [7, 11) is 0. The van der Waals surface area contributed by atoms with Gasteiger partial charge in [-0.2, -0.15) is 0 Å². The number of carboxylic acids is 1. The maximum absolute atomic E-state index is 11.4. The topological polar surface area (TPSA) is 49.8 Å². The maximum Gasteiger partial charge on any atom is 0.323 e. The van der Waals surface area contributed by atoms with E-state index in [0.717, 1.165) is 52.0 Å². The zero-order chi connectivity index (χ0) is 11.6. The molecule has 2 unspecified atom stereocenters. The minimum Gasteiger partial charge on any atom is -0.480 e. The molecule has 2 atom stereocenters. The number of rotatable bonds is 3. The minimum absolute atomic E-state index is 0.525. The van der Waals surface area contributed by atoms with Crippen LogP contribution in [0.3, 0.4) is 0 Å². The van der Waals surface area contributed by atoms with E-state index in [1.54, 1.807) is 0 Å². The van der Waals surface area contributed by atoms with Gasteiger partial charge in [0.05, 0.1) is 6.61 Å². The van der Waals surface area contributed by atoms with Crippen LogP contribution >= 0.6 is 0 Å². The molecule has 0 saturated carbocycles. The van der Waals surface area contributed by atoms with E-state index in [2.05, 4.69) is 4.90 Å². The van der Waals surface area contributed by atoms with Crippen molar-refractivity contribution >= 4 is 5.97 Å². The van der Waals surface area contributed by atoms with E-state index in [4.69, 9.17) is 4.74 Å². The van der Waals surface area contributed by atoms with Gasteiger partial charge in [-0.15, -0.1) is 0 Å². The third kappa shape index (κ3) is 2.23. The van der Waals surface area contributed by atoms with E-state index >= 15 is 0 Å². The number of nitrogens with zero attached hydrogens (tertiary/aromatic N) is 1.